The molecular formula is C16H13ClF2N4. The van der Waals surface area contributed by atoms with Gasteiger partial charge >= 0.3 is 0 Å². The fourth-order valence-electron chi connectivity index (χ4n) is 3.08. The van der Waals surface area contributed by atoms with Crippen LogP contribution in [0, 0.1) is 11.6 Å². The molecule has 0 aliphatic carbocycles. The summed E-state index contributed by atoms with van der Waals surface area (Å²) in [5.74, 6) is -0.231. The number of halogens is 3. The molecule has 23 heavy (non-hydrogen) atoms. The second-order valence-electron chi connectivity index (χ2n) is 5.65. The van der Waals surface area contributed by atoms with Gasteiger partial charge < -0.3 is 4.57 Å². The normalized spacial score (nSPS) is 14.7. The largest absolute Gasteiger partial charge is 0.328 e. The van der Waals surface area contributed by atoms with E-state index in [2.05, 4.69) is 15.0 Å². The maximum atomic E-state index is 14.5. The molecule has 7 heteroatoms. The van der Waals surface area contributed by atoms with Gasteiger partial charge in [-0.2, -0.15) is 0 Å². The molecule has 0 fully saturated rings. The highest BCUT2D eigenvalue weighted by atomic mass is 35.5. The predicted octanol–water partition coefficient (Wildman–Crippen LogP) is 4.15. The first kappa shape index (κ1) is 14.5. The monoisotopic (exact) mass is 334 g/mol. The number of hydrogen-bond acceptors (Lipinski definition) is 3. The summed E-state index contributed by atoms with van der Waals surface area (Å²) in [7, 11) is 0. The van der Waals surface area contributed by atoms with Crippen LogP contribution in [0.4, 0.5) is 8.78 Å². The lowest BCUT2D eigenvalue weighted by Crippen LogP contribution is -2.00. The van der Waals surface area contributed by atoms with Crippen molar-refractivity contribution < 1.29 is 8.78 Å². The van der Waals surface area contributed by atoms with E-state index in [0.29, 0.717) is 16.6 Å². The van der Waals surface area contributed by atoms with Crippen LogP contribution in [-0.2, 0) is 13.0 Å². The average molecular weight is 335 g/mol. The molecule has 0 saturated carbocycles. The Hall–Kier alpha value is -2.08. The Morgan fingerprint density at radius 1 is 1.04 bits per heavy atom. The number of nitrogens with zero attached hydrogens (tertiary/aromatic N) is 4. The highest BCUT2D eigenvalue weighted by Crippen LogP contribution is 2.30. The van der Waals surface area contributed by atoms with Crippen molar-refractivity contribution in [1.82, 2.24) is 19.5 Å². The van der Waals surface area contributed by atoms with Crippen LogP contribution in [0.2, 0.25) is 5.28 Å². The molecule has 0 amide bonds. The maximum Gasteiger partial charge on any atom is 0.223 e. The highest BCUT2D eigenvalue weighted by molar-refractivity contribution is 6.28. The van der Waals surface area contributed by atoms with Crippen LogP contribution in [-0.4, -0.2) is 19.5 Å². The Morgan fingerprint density at radius 2 is 1.91 bits per heavy atom. The SMILES string of the molecule is Fc1cnc(Cl)nc1-c1cc(F)c2nc3n(c2c1)CCCCC3. The van der Waals surface area contributed by atoms with Crippen LogP contribution in [0.1, 0.15) is 25.1 Å². The summed E-state index contributed by atoms with van der Waals surface area (Å²) in [5, 5.41) is -0.0750. The number of fused-ring (bicyclic) bond motifs is 3. The molecule has 0 spiro atoms. The molecule has 0 saturated heterocycles. The molecule has 4 rings (SSSR count). The van der Waals surface area contributed by atoms with Gasteiger partial charge in [0.25, 0.3) is 0 Å². The molecule has 3 heterocycles. The summed E-state index contributed by atoms with van der Waals surface area (Å²) in [6.07, 6.45) is 5.02. The first-order valence-electron chi connectivity index (χ1n) is 7.50. The van der Waals surface area contributed by atoms with E-state index in [1.54, 1.807) is 6.07 Å². The summed E-state index contributed by atoms with van der Waals surface area (Å²) in [5.41, 5.74) is 1.33. The van der Waals surface area contributed by atoms with Crippen molar-refractivity contribution in [1.29, 1.82) is 0 Å². The second kappa shape index (κ2) is 5.53. The van der Waals surface area contributed by atoms with Gasteiger partial charge in [0.1, 0.15) is 17.0 Å². The van der Waals surface area contributed by atoms with Gasteiger partial charge in [0.2, 0.25) is 5.28 Å². The number of rotatable bonds is 1. The smallest absolute Gasteiger partial charge is 0.223 e. The predicted molar refractivity (Wildman–Crippen MR) is 83.2 cm³/mol. The zero-order valence-corrected chi connectivity index (χ0v) is 12.9. The minimum Gasteiger partial charge on any atom is -0.328 e. The van der Waals surface area contributed by atoms with Crippen LogP contribution in [0.5, 0.6) is 0 Å². The zero-order chi connectivity index (χ0) is 16.0. The van der Waals surface area contributed by atoms with Crippen LogP contribution in [0.15, 0.2) is 18.3 Å². The molecule has 2 aromatic heterocycles. The minimum atomic E-state index is -0.635. The number of imidazole rings is 1. The van der Waals surface area contributed by atoms with Crippen LogP contribution >= 0.6 is 11.6 Å². The van der Waals surface area contributed by atoms with Gasteiger partial charge in [0.05, 0.1) is 11.7 Å². The van der Waals surface area contributed by atoms with Crippen molar-refractivity contribution in [3.05, 3.63) is 41.1 Å². The Labute approximate surface area is 136 Å². The summed E-state index contributed by atoms with van der Waals surface area (Å²) < 4.78 is 30.5. The van der Waals surface area contributed by atoms with Crippen LogP contribution < -0.4 is 0 Å². The summed E-state index contributed by atoms with van der Waals surface area (Å²) in [6.45, 7) is 0.793. The average Bonchev–Trinajstić information content (AvgIpc) is 2.73. The van der Waals surface area contributed by atoms with Gasteiger partial charge in [-0.25, -0.2) is 23.7 Å². The number of aromatic nitrogens is 4. The van der Waals surface area contributed by atoms with Crippen LogP contribution in [0.3, 0.4) is 0 Å². The van der Waals surface area contributed by atoms with Crippen molar-refractivity contribution in [2.45, 2.75) is 32.2 Å². The van der Waals surface area contributed by atoms with Crippen molar-refractivity contribution >= 4 is 22.6 Å². The molecule has 1 aliphatic heterocycles. The molecule has 0 N–H and O–H groups in total. The molecule has 0 radical (unpaired) electrons. The lowest BCUT2D eigenvalue weighted by Gasteiger charge is -2.07. The molecule has 0 bridgehead atoms. The minimum absolute atomic E-state index is 0.00466. The molecule has 1 aromatic carbocycles. The Kier molecular flexibility index (Phi) is 3.49. The summed E-state index contributed by atoms with van der Waals surface area (Å²) in [4.78, 5) is 11.9. The van der Waals surface area contributed by atoms with Gasteiger partial charge in [0.15, 0.2) is 11.6 Å². The molecule has 3 aromatic rings. The Bertz CT molecular complexity index is 907. The molecule has 4 nitrogen and oxygen atoms in total. The Morgan fingerprint density at radius 3 is 2.78 bits per heavy atom. The van der Waals surface area contributed by atoms with Gasteiger partial charge in [-0.05, 0) is 36.6 Å². The van der Waals surface area contributed by atoms with Crippen molar-refractivity contribution in [2.24, 2.45) is 0 Å². The summed E-state index contributed by atoms with van der Waals surface area (Å²) in [6, 6.07) is 2.97. The fourth-order valence-corrected chi connectivity index (χ4v) is 3.22. The lowest BCUT2D eigenvalue weighted by atomic mass is 10.1. The van der Waals surface area contributed by atoms with E-state index >= 15 is 0 Å². The standard InChI is InChI=1S/C16H13ClF2N4/c17-16-20-8-11(19)14(22-16)9-6-10(18)15-12(7-9)23-5-3-1-2-4-13(23)21-15/h6-8H,1-5H2. The van der Waals surface area contributed by atoms with Gasteiger partial charge in [-0.3, -0.25) is 0 Å². The van der Waals surface area contributed by atoms with Gasteiger partial charge in [-0.1, -0.05) is 6.42 Å². The fraction of sp³-hybridized carbons (Fsp3) is 0.312. The van der Waals surface area contributed by atoms with E-state index in [4.69, 9.17) is 11.6 Å². The molecule has 118 valence electrons. The number of hydrogen-bond donors (Lipinski definition) is 0. The van der Waals surface area contributed by atoms with E-state index < -0.39 is 11.6 Å². The second-order valence-corrected chi connectivity index (χ2v) is 5.99. The van der Waals surface area contributed by atoms with E-state index in [0.717, 1.165) is 44.2 Å². The summed E-state index contributed by atoms with van der Waals surface area (Å²) >= 11 is 5.74. The van der Waals surface area contributed by atoms with Gasteiger partial charge in [-0.15, -0.1) is 0 Å². The third-order valence-corrected chi connectivity index (χ3v) is 4.34. The van der Waals surface area contributed by atoms with E-state index in [1.165, 1.54) is 6.07 Å². The molecular weight excluding hydrogens is 322 g/mol. The Balaban J connectivity index is 1.95. The van der Waals surface area contributed by atoms with Crippen molar-refractivity contribution in [3.8, 4) is 11.3 Å². The van der Waals surface area contributed by atoms with Gasteiger partial charge in [0, 0.05) is 18.5 Å². The quantitative estimate of drug-likeness (QED) is 0.628. The number of benzene rings is 1. The number of aryl methyl sites for hydroxylation is 2. The lowest BCUT2D eigenvalue weighted by molar-refractivity contribution is 0.616. The molecule has 1 aliphatic rings. The third kappa shape index (κ3) is 2.47. The van der Waals surface area contributed by atoms with Crippen LogP contribution in [0.25, 0.3) is 22.3 Å². The third-order valence-electron chi connectivity index (χ3n) is 4.16. The van der Waals surface area contributed by atoms with Crippen molar-refractivity contribution in [3.63, 3.8) is 0 Å². The topological polar surface area (TPSA) is 43.6 Å². The van der Waals surface area contributed by atoms with Crippen molar-refractivity contribution in [2.75, 3.05) is 0 Å². The van der Waals surface area contributed by atoms with E-state index in [-0.39, 0.29) is 11.0 Å². The molecule has 0 atom stereocenters. The first-order valence-corrected chi connectivity index (χ1v) is 7.88. The molecule has 0 unspecified atom stereocenters. The first-order chi connectivity index (χ1) is 11.1. The zero-order valence-electron chi connectivity index (χ0n) is 12.2. The van der Waals surface area contributed by atoms with E-state index in [1.807, 2.05) is 4.57 Å². The highest BCUT2D eigenvalue weighted by Gasteiger charge is 2.19. The van der Waals surface area contributed by atoms with E-state index in [9.17, 15) is 8.78 Å². The maximum absolute atomic E-state index is 14.5.